The number of phenols is 1. The van der Waals surface area contributed by atoms with E-state index in [2.05, 4.69) is 15.3 Å². The number of esters is 1. The topological polar surface area (TPSA) is 89.6 Å². The third-order valence-electron chi connectivity index (χ3n) is 3.04. The van der Waals surface area contributed by atoms with E-state index >= 15 is 0 Å². The Kier molecular flexibility index (Phi) is 4.10. The average Bonchev–Trinajstić information content (AvgIpc) is 2.92. The van der Waals surface area contributed by atoms with Crippen LogP contribution in [0, 0.1) is 0 Å². The molecular weight excluding hydrogens is 304 g/mol. The van der Waals surface area contributed by atoms with E-state index in [0.717, 1.165) is 5.56 Å². The van der Waals surface area contributed by atoms with Crippen LogP contribution in [-0.2, 0) is 16.0 Å². The van der Waals surface area contributed by atoms with Crippen molar-refractivity contribution in [2.75, 3.05) is 12.4 Å². The lowest BCUT2D eigenvalue weighted by molar-refractivity contribution is -0.135. The number of hydrogen-bond acceptors (Lipinski definition) is 7. The molecule has 8 heteroatoms. The fourth-order valence-corrected chi connectivity index (χ4v) is 2.80. The zero-order valence-electron chi connectivity index (χ0n) is 11.9. The summed E-state index contributed by atoms with van der Waals surface area (Å²) >= 11 is 1.40. The monoisotopic (exact) mass is 318 g/mol. The molecule has 1 aromatic carbocycles. The van der Waals surface area contributed by atoms with Crippen LogP contribution in [0.5, 0.6) is 5.75 Å². The van der Waals surface area contributed by atoms with Gasteiger partial charge >= 0.3 is 5.97 Å². The van der Waals surface area contributed by atoms with Crippen LogP contribution in [0.4, 0.5) is 0 Å². The first-order chi connectivity index (χ1) is 10.7. The van der Waals surface area contributed by atoms with Crippen molar-refractivity contribution in [2.45, 2.75) is 18.5 Å². The SMILES string of the molecule is CCOC(=O)C1=Nn2c(Cc3ccc(O)cc3)nnc2SC1. The molecule has 0 atom stereocenters. The van der Waals surface area contributed by atoms with E-state index in [0.29, 0.717) is 35.5 Å². The smallest absolute Gasteiger partial charge is 0.355 e. The fourth-order valence-electron chi connectivity index (χ4n) is 1.99. The second kappa shape index (κ2) is 6.18. The van der Waals surface area contributed by atoms with Gasteiger partial charge in [-0.1, -0.05) is 23.9 Å². The zero-order valence-corrected chi connectivity index (χ0v) is 12.7. The number of aromatic hydroxyl groups is 1. The van der Waals surface area contributed by atoms with Gasteiger partial charge in [-0.25, -0.2) is 4.79 Å². The number of aromatic nitrogens is 3. The van der Waals surface area contributed by atoms with Crippen molar-refractivity contribution < 1.29 is 14.6 Å². The van der Waals surface area contributed by atoms with Crippen LogP contribution in [0.15, 0.2) is 34.5 Å². The molecule has 0 amide bonds. The molecule has 0 spiro atoms. The molecule has 0 bridgehead atoms. The van der Waals surface area contributed by atoms with Crippen LogP contribution < -0.4 is 0 Å². The summed E-state index contributed by atoms with van der Waals surface area (Å²) in [6.07, 6.45) is 0.507. The molecule has 0 radical (unpaired) electrons. The van der Waals surface area contributed by atoms with Crippen LogP contribution in [0.1, 0.15) is 18.3 Å². The molecule has 1 N–H and O–H groups in total. The molecule has 0 saturated heterocycles. The van der Waals surface area contributed by atoms with E-state index in [4.69, 9.17) is 4.74 Å². The number of phenolic OH excluding ortho intramolecular Hbond substituents is 1. The number of hydrogen-bond donors (Lipinski definition) is 1. The Balaban J connectivity index is 1.86. The van der Waals surface area contributed by atoms with Crippen molar-refractivity contribution >= 4 is 23.4 Å². The summed E-state index contributed by atoms with van der Waals surface area (Å²) < 4.78 is 6.56. The van der Waals surface area contributed by atoms with Gasteiger partial charge in [0, 0.05) is 6.42 Å². The highest BCUT2D eigenvalue weighted by Gasteiger charge is 2.23. The lowest BCUT2D eigenvalue weighted by Gasteiger charge is -2.12. The number of benzene rings is 1. The molecule has 22 heavy (non-hydrogen) atoms. The summed E-state index contributed by atoms with van der Waals surface area (Å²) in [5.41, 5.74) is 1.32. The molecule has 0 unspecified atom stereocenters. The largest absolute Gasteiger partial charge is 0.508 e. The van der Waals surface area contributed by atoms with Gasteiger partial charge in [0.15, 0.2) is 11.5 Å². The Morgan fingerprint density at radius 1 is 1.36 bits per heavy atom. The first-order valence-corrected chi connectivity index (χ1v) is 7.76. The number of thioether (sulfide) groups is 1. The van der Waals surface area contributed by atoms with Gasteiger partial charge in [-0.2, -0.15) is 9.78 Å². The zero-order chi connectivity index (χ0) is 15.5. The second-order valence-electron chi connectivity index (χ2n) is 4.61. The predicted octanol–water partition coefficient (Wildman–Crippen LogP) is 1.45. The van der Waals surface area contributed by atoms with Crippen molar-refractivity contribution in [1.82, 2.24) is 14.9 Å². The minimum atomic E-state index is -0.412. The van der Waals surface area contributed by atoms with Crippen molar-refractivity contribution in [3.63, 3.8) is 0 Å². The molecule has 2 heterocycles. The summed E-state index contributed by atoms with van der Waals surface area (Å²) in [7, 11) is 0. The maximum atomic E-state index is 11.8. The standard InChI is InChI=1S/C14H14N4O3S/c1-2-21-13(20)11-8-22-14-16-15-12(18(14)17-11)7-9-3-5-10(19)6-4-9/h3-6,19H,2,7-8H2,1H3. The lowest BCUT2D eigenvalue weighted by atomic mass is 10.1. The predicted molar refractivity (Wildman–Crippen MR) is 81.1 cm³/mol. The third-order valence-corrected chi connectivity index (χ3v) is 3.98. The lowest BCUT2D eigenvalue weighted by Crippen LogP contribution is -2.24. The first kappa shape index (κ1) is 14.6. The van der Waals surface area contributed by atoms with Gasteiger partial charge in [0.05, 0.1) is 12.4 Å². The highest BCUT2D eigenvalue weighted by molar-refractivity contribution is 8.00. The van der Waals surface area contributed by atoms with E-state index in [-0.39, 0.29) is 5.75 Å². The fraction of sp³-hybridized carbons (Fsp3) is 0.286. The van der Waals surface area contributed by atoms with Crippen molar-refractivity contribution in [3.05, 3.63) is 35.7 Å². The number of rotatable bonds is 4. The van der Waals surface area contributed by atoms with Gasteiger partial charge in [0.25, 0.3) is 0 Å². The Morgan fingerprint density at radius 2 is 2.14 bits per heavy atom. The molecule has 1 aliphatic rings. The first-order valence-electron chi connectivity index (χ1n) is 6.77. The molecular formula is C14H14N4O3S. The van der Waals surface area contributed by atoms with Gasteiger partial charge < -0.3 is 9.84 Å². The van der Waals surface area contributed by atoms with E-state index in [9.17, 15) is 9.90 Å². The van der Waals surface area contributed by atoms with E-state index in [1.165, 1.54) is 11.8 Å². The average molecular weight is 318 g/mol. The molecule has 0 aliphatic carbocycles. The van der Waals surface area contributed by atoms with Crippen LogP contribution in [0.25, 0.3) is 0 Å². The highest BCUT2D eigenvalue weighted by atomic mass is 32.2. The summed E-state index contributed by atoms with van der Waals surface area (Å²) in [5.74, 6) is 0.862. The number of ether oxygens (including phenoxy) is 1. The number of carbonyl (C=O) groups excluding carboxylic acids is 1. The van der Waals surface area contributed by atoms with Gasteiger partial charge in [-0.05, 0) is 24.6 Å². The quantitative estimate of drug-likeness (QED) is 0.858. The summed E-state index contributed by atoms with van der Waals surface area (Å²) in [4.78, 5) is 11.8. The van der Waals surface area contributed by atoms with Crippen molar-refractivity contribution in [1.29, 1.82) is 0 Å². The Morgan fingerprint density at radius 3 is 2.86 bits per heavy atom. The van der Waals surface area contributed by atoms with E-state index < -0.39 is 5.97 Å². The highest BCUT2D eigenvalue weighted by Crippen LogP contribution is 2.23. The minimum Gasteiger partial charge on any atom is -0.508 e. The van der Waals surface area contributed by atoms with Gasteiger partial charge in [-0.3, -0.25) is 0 Å². The molecule has 2 aromatic rings. The number of carbonyl (C=O) groups is 1. The summed E-state index contributed by atoms with van der Waals surface area (Å²) in [5, 5.41) is 22.5. The Labute approximate surface area is 131 Å². The normalized spacial score (nSPS) is 13.4. The van der Waals surface area contributed by atoms with Gasteiger partial charge in [0.2, 0.25) is 5.16 Å². The van der Waals surface area contributed by atoms with Gasteiger partial charge in [-0.15, -0.1) is 10.2 Å². The van der Waals surface area contributed by atoms with Crippen LogP contribution >= 0.6 is 11.8 Å². The maximum absolute atomic E-state index is 11.8. The Hall–Kier alpha value is -2.35. The molecule has 0 saturated carbocycles. The van der Waals surface area contributed by atoms with Crippen molar-refractivity contribution in [2.24, 2.45) is 5.10 Å². The van der Waals surface area contributed by atoms with Gasteiger partial charge in [0.1, 0.15) is 5.75 Å². The summed E-state index contributed by atoms with van der Waals surface area (Å²) in [6.45, 7) is 2.08. The van der Waals surface area contributed by atoms with E-state index in [1.54, 1.807) is 23.7 Å². The minimum absolute atomic E-state index is 0.213. The van der Waals surface area contributed by atoms with Crippen LogP contribution in [0.3, 0.4) is 0 Å². The molecule has 0 fully saturated rings. The molecule has 114 valence electrons. The number of fused-ring (bicyclic) bond motifs is 1. The Bertz CT molecular complexity index is 724. The second-order valence-corrected chi connectivity index (χ2v) is 5.55. The van der Waals surface area contributed by atoms with Crippen LogP contribution in [-0.4, -0.2) is 44.0 Å². The van der Waals surface area contributed by atoms with Crippen molar-refractivity contribution in [3.8, 4) is 5.75 Å². The molecule has 1 aliphatic heterocycles. The molecule has 7 nitrogen and oxygen atoms in total. The third kappa shape index (κ3) is 2.96. The molecule has 1 aromatic heterocycles. The summed E-state index contributed by atoms with van der Waals surface area (Å²) in [6, 6.07) is 6.85. The van der Waals surface area contributed by atoms with Crippen LogP contribution in [0.2, 0.25) is 0 Å². The van der Waals surface area contributed by atoms with E-state index in [1.807, 2.05) is 12.1 Å². The molecule has 3 rings (SSSR count). The maximum Gasteiger partial charge on any atom is 0.355 e. The number of nitrogens with zero attached hydrogens (tertiary/aromatic N) is 4.